The predicted molar refractivity (Wildman–Crippen MR) is 85.0 cm³/mol. The summed E-state index contributed by atoms with van der Waals surface area (Å²) < 4.78 is 28.8. The third-order valence-electron chi connectivity index (χ3n) is 3.68. The third-order valence-corrected chi connectivity index (χ3v) is 5.02. The average molecular weight is 359 g/mol. The fourth-order valence-electron chi connectivity index (χ4n) is 2.36. The maximum absolute atomic E-state index is 14.3. The first-order chi connectivity index (χ1) is 11.4. The van der Waals surface area contributed by atoms with Gasteiger partial charge in [-0.2, -0.15) is 5.10 Å². The molecule has 0 aliphatic carbocycles. The Morgan fingerprint density at radius 3 is 2.71 bits per heavy atom. The Balaban J connectivity index is 2.36. The zero-order valence-corrected chi connectivity index (χ0v) is 13.8. The fraction of sp³-hybridized carbons (Fsp3) is 0.467. The van der Waals surface area contributed by atoms with Gasteiger partial charge in [0.2, 0.25) is 0 Å². The summed E-state index contributed by atoms with van der Waals surface area (Å²) in [6, 6.07) is 2.94. The van der Waals surface area contributed by atoms with Crippen LogP contribution in [0.1, 0.15) is 18.9 Å². The molecule has 0 aliphatic heterocycles. The van der Waals surface area contributed by atoms with Crippen LogP contribution in [-0.2, 0) is 12.1 Å². The molecule has 9 heteroatoms. The first-order valence-electron chi connectivity index (χ1n) is 7.31. The summed E-state index contributed by atoms with van der Waals surface area (Å²) in [6.07, 6.45) is 2.76. The number of hydrogen-bond donors (Lipinski definition) is 3. The van der Waals surface area contributed by atoms with E-state index in [4.69, 9.17) is 5.11 Å². The third kappa shape index (κ3) is 4.29. The Hall–Kier alpha value is -1.55. The van der Waals surface area contributed by atoms with Crippen molar-refractivity contribution in [2.75, 3.05) is 6.61 Å². The number of benzene rings is 1. The van der Waals surface area contributed by atoms with E-state index in [-0.39, 0.29) is 25.1 Å². The van der Waals surface area contributed by atoms with E-state index in [0.717, 1.165) is 17.8 Å². The van der Waals surface area contributed by atoms with Crippen LogP contribution in [0.4, 0.5) is 8.78 Å². The lowest BCUT2D eigenvalue weighted by Gasteiger charge is -2.35. The highest BCUT2D eigenvalue weighted by atomic mass is 32.2. The number of thioether (sulfide) groups is 1. The van der Waals surface area contributed by atoms with Gasteiger partial charge in [0, 0.05) is 29.9 Å². The van der Waals surface area contributed by atoms with Gasteiger partial charge in [0.1, 0.15) is 35.3 Å². The van der Waals surface area contributed by atoms with Crippen LogP contribution >= 0.6 is 11.8 Å². The second-order valence-electron chi connectivity index (χ2n) is 5.39. The largest absolute Gasteiger partial charge is 0.396 e. The van der Waals surface area contributed by atoms with Crippen LogP contribution in [0.3, 0.4) is 0 Å². The minimum atomic E-state index is -1.77. The van der Waals surface area contributed by atoms with E-state index in [0.29, 0.717) is 6.07 Å². The Kier molecular flexibility index (Phi) is 6.27. The summed E-state index contributed by atoms with van der Waals surface area (Å²) >= 11 is 0.984. The summed E-state index contributed by atoms with van der Waals surface area (Å²) in [5, 5.41) is 33.2. The molecule has 0 spiro atoms. The number of nitrogens with zero attached hydrogens (tertiary/aromatic N) is 3. The van der Waals surface area contributed by atoms with Gasteiger partial charge in [-0.3, -0.25) is 0 Å². The molecular weight excluding hydrogens is 340 g/mol. The topological polar surface area (TPSA) is 91.4 Å². The first kappa shape index (κ1) is 18.8. The SMILES string of the molecule is C[C@@H](SC(O)CCO)[C@](O)(Cn1cncn1)c1ccc(F)cc1F. The molecule has 0 fully saturated rings. The molecule has 0 radical (unpaired) electrons. The van der Waals surface area contributed by atoms with Gasteiger partial charge in [0.05, 0.1) is 6.54 Å². The second kappa shape index (κ2) is 8.02. The van der Waals surface area contributed by atoms with Gasteiger partial charge in [-0.25, -0.2) is 18.4 Å². The predicted octanol–water partition coefficient (Wildman–Crippen LogP) is 1.27. The standard InChI is InChI=1S/C15H19F2N3O3S/c1-10(24-14(22)4-5-21)15(23,7-20-9-18-8-19-20)12-3-2-11(16)6-13(12)17/h2-3,6,8-10,14,21-23H,4-5,7H2,1H3/t10-,14?,15-/m1/s1. The molecule has 6 nitrogen and oxygen atoms in total. The molecule has 0 saturated heterocycles. The number of aliphatic hydroxyl groups excluding tert-OH is 2. The minimum absolute atomic E-state index is 0.101. The van der Waals surface area contributed by atoms with Crippen LogP contribution < -0.4 is 0 Å². The molecule has 1 aromatic carbocycles. The van der Waals surface area contributed by atoms with Gasteiger partial charge >= 0.3 is 0 Å². The summed E-state index contributed by atoms with van der Waals surface area (Å²) in [5.74, 6) is -1.64. The Morgan fingerprint density at radius 1 is 1.38 bits per heavy atom. The van der Waals surface area contributed by atoms with Gasteiger partial charge in [-0.05, 0) is 13.0 Å². The van der Waals surface area contributed by atoms with Crippen molar-refractivity contribution < 1.29 is 24.1 Å². The van der Waals surface area contributed by atoms with Crippen molar-refractivity contribution in [1.82, 2.24) is 14.8 Å². The van der Waals surface area contributed by atoms with E-state index in [2.05, 4.69) is 10.1 Å². The monoisotopic (exact) mass is 359 g/mol. The summed E-state index contributed by atoms with van der Waals surface area (Å²) in [5.41, 5.74) is -2.81. The molecule has 1 unspecified atom stereocenters. The van der Waals surface area contributed by atoms with Gasteiger partial charge < -0.3 is 15.3 Å². The molecule has 3 atom stereocenters. The highest BCUT2D eigenvalue weighted by molar-refractivity contribution is 8.00. The highest BCUT2D eigenvalue weighted by Gasteiger charge is 2.40. The van der Waals surface area contributed by atoms with Gasteiger partial charge in [0.25, 0.3) is 0 Å². The van der Waals surface area contributed by atoms with Crippen molar-refractivity contribution in [3.8, 4) is 0 Å². The van der Waals surface area contributed by atoms with Crippen molar-refractivity contribution in [3.63, 3.8) is 0 Å². The van der Waals surface area contributed by atoms with Crippen molar-refractivity contribution in [1.29, 1.82) is 0 Å². The zero-order valence-electron chi connectivity index (χ0n) is 13.0. The molecule has 2 aromatic rings. The maximum atomic E-state index is 14.3. The summed E-state index contributed by atoms with van der Waals surface area (Å²) in [6.45, 7) is 1.27. The van der Waals surface area contributed by atoms with E-state index >= 15 is 0 Å². The van der Waals surface area contributed by atoms with Crippen LogP contribution in [0.25, 0.3) is 0 Å². The van der Waals surface area contributed by atoms with Crippen LogP contribution in [0.2, 0.25) is 0 Å². The molecule has 3 N–H and O–H groups in total. The van der Waals surface area contributed by atoms with Crippen LogP contribution in [0.5, 0.6) is 0 Å². The minimum Gasteiger partial charge on any atom is -0.396 e. The van der Waals surface area contributed by atoms with E-state index < -0.39 is 27.9 Å². The molecule has 1 heterocycles. The number of hydrogen-bond acceptors (Lipinski definition) is 6. The molecule has 0 bridgehead atoms. The van der Waals surface area contributed by atoms with Crippen LogP contribution in [-0.4, -0.2) is 47.4 Å². The van der Waals surface area contributed by atoms with E-state index in [1.165, 1.54) is 23.4 Å². The first-order valence-corrected chi connectivity index (χ1v) is 8.26. The highest BCUT2D eigenvalue weighted by Crippen LogP contribution is 2.37. The molecular formula is C15H19F2N3O3S. The molecule has 0 saturated carbocycles. The van der Waals surface area contributed by atoms with Crippen LogP contribution in [0.15, 0.2) is 30.9 Å². The van der Waals surface area contributed by atoms with Crippen molar-refractivity contribution in [2.45, 2.75) is 36.2 Å². The lowest BCUT2D eigenvalue weighted by molar-refractivity contribution is 0.0124. The second-order valence-corrected chi connectivity index (χ2v) is 6.91. The number of rotatable bonds is 8. The number of aromatic nitrogens is 3. The Bertz CT molecular complexity index is 659. The van der Waals surface area contributed by atoms with Crippen molar-refractivity contribution in [3.05, 3.63) is 48.1 Å². The molecule has 0 aliphatic rings. The fourth-order valence-corrected chi connectivity index (χ4v) is 3.50. The van der Waals surface area contributed by atoms with Gasteiger partial charge in [-0.15, -0.1) is 11.8 Å². The number of aliphatic hydroxyl groups is 3. The van der Waals surface area contributed by atoms with E-state index in [1.807, 2.05) is 0 Å². The molecule has 132 valence electrons. The van der Waals surface area contributed by atoms with E-state index in [9.17, 15) is 19.0 Å². The lowest BCUT2D eigenvalue weighted by atomic mass is 9.90. The van der Waals surface area contributed by atoms with Crippen LogP contribution in [0, 0.1) is 11.6 Å². The molecule has 0 amide bonds. The smallest absolute Gasteiger partial charge is 0.137 e. The molecule has 2 rings (SSSR count). The summed E-state index contributed by atoms with van der Waals surface area (Å²) in [7, 11) is 0. The maximum Gasteiger partial charge on any atom is 0.137 e. The summed E-state index contributed by atoms with van der Waals surface area (Å²) in [4.78, 5) is 3.78. The molecule has 24 heavy (non-hydrogen) atoms. The quantitative estimate of drug-likeness (QED) is 0.615. The van der Waals surface area contributed by atoms with Crippen molar-refractivity contribution >= 4 is 11.8 Å². The van der Waals surface area contributed by atoms with Gasteiger partial charge in [-0.1, -0.05) is 6.07 Å². The Morgan fingerprint density at radius 2 is 2.12 bits per heavy atom. The lowest BCUT2D eigenvalue weighted by Crippen LogP contribution is -2.42. The van der Waals surface area contributed by atoms with Gasteiger partial charge in [0.15, 0.2) is 0 Å². The average Bonchev–Trinajstić information content (AvgIpc) is 2.99. The normalized spacial score (nSPS) is 16.6. The van der Waals surface area contributed by atoms with Crippen molar-refractivity contribution in [2.24, 2.45) is 0 Å². The number of halogens is 2. The zero-order chi connectivity index (χ0) is 17.7. The van der Waals surface area contributed by atoms with E-state index in [1.54, 1.807) is 6.92 Å². The Labute approximate surface area is 142 Å². The molecule has 1 aromatic heterocycles.